The van der Waals surface area contributed by atoms with Gasteiger partial charge >= 0.3 is 13.7 Å². The van der Waals surface area contributed by atoms with Gasteiger partial charge in [0.15, 0.2) is 11.2 Å². The number of ether oxygens (including phenoxy) is 2. The van der Waals surface area contributed by atoms with Crippen LogP contribution in [0.2, 0.25) is 0 Å². The van der Waals surface area contributed by atoms with Gasteiger partial charge in [-0.15, -0.1) is 0 Å². The summed E-state index contributed by atoms with van der Waals surface area (Å²) in [6.07, 6.45) is 4.17. The third-order valence-electron chi connectivity index (χ3n) is 5.07. The van der Waals surface area contributed by atoms with Crippen molar-refractivity contribution in [2.24, 2.45) is 5.92 Å². The average Bonchev–Trinajstić information content (AvgIpc) is 3.46. The fourth-order valence-corrected chi connectivity index (χ4v) is 4.77. The molecule has 1 aliphatic carbocycles. The maximum Gasteiger partial charge on any atom is 0.459 e. The Balaban J connectivity index is 1.47. The summed E-state index contributed by atoms with van der Waals surface area (Å²) < 4.78 is 36.4. The number of carbonyl (C=O) groups is 1. The van der Waals surface area contributed by atoms with E-state index in [1.54, 1.807) is 41.2 Å². The van der Waals surface area contributed by atoms with Crippen LogP contribution in [0.3, 0.4) is 0 Å². The number of nitrogens with two attached hydrogens (primary N) is 1. The van der Waals surface area contributed by atoms with E-state index in [2.05, 4.69) is 20.0 Å². The quantitative estimate of drug-likeness (QED) is 0.320. The van der Waals surface area contributed by atoms with Gasteiger partial charge < -0.3 is 19.7 Å². The molecule has 1 aromatic carbocycles. The Morgan fingerprint density at radius 3 is 2.79 bits per heavy atom. The van der Waals surface area contributed by atoms with Gasteiger partial charge in [0.2, 0.25) is 11.8 Å². The topological polar surface area (TPSA) is 153 Å². The van der Waals surface area contributed by atoms with Crippen LogP contribution in [0.15, 0.2) is 42.2 Å². The van der Waals surface area contributed by atoms with Gasteiger partial charge in [0, 0.05) is 12.1 Å². The highest BCUT2D eigenvalue weighted by Crippen LogP contribution is 2.48. The number of hydrogen-bond acceptors (Lipinski definition) is 10. The fraction of sp³-hybridized carbons (Fsp3) is 0.333. The second kappa shape index (κ2) is 9.80. The van der Waals surface area contributed by atoms with Gasteiger partial charge in [-0.25, -0.2) is 9.55 Å². The van der Waals surface area contributed by atoms with Crippen molar-refractivity contribution in [2.75, 3.05) is 26.6 Å². The number of benzene rings is 1. The molecule has 4 rings (SSSR count). The van der Waals surface area contributed by atoms with E-state index in [0.717, 1.165) is 12.0 Å². The monoisotopic (exact) mass is 488 g/mol. The molecule has 1 fully saturated rings. The van der Waals surface area contributed by atoms with Crippen LogP contribution < -0.4 is 20.1 Å². The molecule has 0 aliphatic heterocycles. The predicted octanol–water partition coefficient (Wildman–Crippen LogP) is 2.63. The summed E-state index contributed by atoms with van der Waals surface area (Å²) in [6.45, 7) is 1.63. The van der Waals surface area contributed by atoms with E-state index in [9.17, 15) is 9.36 Å². The van der Waals surface area contributed by atoms with Crippen molar-refractivity contribution in [3.8, 4) is 11.6 Å². The molecule has 3 unspecified atom stereocenters. The highest BCUT2D eigenvalue weighted by atomic mass is 31.2. The van der Waals surface area contributed by atoms with Crippen LogP contribution in [-0.2, 0) is 18.6 Å². The van der Waals surface area contributed by atoms with Gasteiger partial charge in [-0.2, -0.15) is 15.1 Å². The Labute approximate surface area is 195 Å². The van der Waals surface area contributed by atoms with E-state index in [0.29, 0.717) is 22.8 Å². The summed E-state index contributed by atoms with van der Waals surface area (Å²) in [4.78, 5) is 24.4. The summed E-state index contributed by atoms with van der Waals surface area (Å²) in [5.41, 5.74) is 7.79. The van der Waals surface area contributed by atoms with Crippen molar-refractivity contribution in [3.63, 3.8) is 0 Å². The SMILES string of the molecule is COC(=O)C(C)NP(=O)(OCC1C/C1=C/n1cnc2c(OC)nc(N)nc21)Oc1ccccc1. The maximum atomic E-state index is 13.4. The highest BCUT2D eigenvalue weighted by molar-refractivity contribution is 7.52. The number of aromatic nitrogens is 4. The first-order chi connectivity index (χ1) is 16.3. The molecule has 0 amide bonds. The number of anilines is 1. The van der Waals surface area contributed by atoms with E-state index >= 15 is 0 Å². The molecule has 3 N–H and O–H groups in total. The zero-order valence-corrected chi connectivity index (χ0v) is 19.8. The number of nitrogen functional groups attached to an aromatic ring is 1. The van der Waals surface area contributed by atoms with Crippen LogP contribution in [0.5, 0.6) is 11.6 Å². The standard InChI is InChI=1S/C21H25N6O6P/c1-13(20(28)31-3)26-34(29,33-16-7-5-4-6-8-16)32-11-15-9-14(15)10-27-12-23-17-18(27)24-21(22)25-19(17)30-2/h4-8,10,12-13,15H,9,11H2,1-3H3,(H,26,29)(H2,22,24,25)/b14-10-. The summed E-state index contributed by atoms with van der Waals surface area (Å²) in [5, 5.41) is 2.64. The van der Waals surface area contributed by atoms with E-state index in [-0.39, 0.29) is 18.5 Å². The van der Waals surface area contributed by atoms with Gasteiger partial charge in [-0.3, -0.25) is 13.9 Å². The number of esters is 1. The van der Waals surface area contributed by atoms with Crippen LogP contribution in [-0.4, -0.2) is 52.4 Å². The molecule has 3 atom stereocenters. The molecule has 0 bridgehead atoms. The summed E-state index contributed by atoms with van der Waals surface area (Å²) >= 11 is 0. The molecular formula is C21H25N6O6P. The molecule has 13 heteroatoms. The number of imidazole rings is 1. The van der Waals surface area contributed by atoms with Crippen molar-refractivity contribution in [2.45, 2.75) is 19.4 Å². The number of nitrogens with one attached hydrogen (secondary N) is 1. The number of para-hydroxylation sites is 1. The van der Waals surface area contributed by atoms with Crippen LogP contribution in [0.1, 0.15) is 13.3 Å². The molecule has 2 heterocycles. The zero-order valence-electron chi connectivity index (χ0n) is 18.9. The van der Waals surface area contributed by atoms with Crippen molar-refractivity contribution >= 4 is 37.0 Å². The van der Waals surface area contributed by atoms with Crippen molar-refractivity contribution in [1.82, 2.24) is 24.6 Å². The van der Waals surface area contributed by atoms with Gasteiger partial charge in [0.25, 0.3) is 0 Å². The average molecular weight is 488 g/mol. The Bertz CT molecular complexity index is 1260. The number of hydrogen-bond donors (Lipinski definition) is 2. The van der Waals surface area contributed by atoms with Gasteiger partial charge in [-0.1, -0.05) is 18.2 Å². The summed E-state index contributed by atoms with van der Waals surface area (Å²) in [7, 11) is -1.15. The van der Waals surface area contributed by atoms with Gasteiger partial charge in [0.05, 0.1) is 20.8 Å². The van der Waals surface area contributed by atoms with E-state index < -0.39 is 19.8 Å². The van der Waals surface area contributed by atoms with Crippen molar-refractivity contribution in [3.05, 3.63) is 42.2 Å². The Kier molecular flexibility index (Phi) is 6.82. The third-order valence-corrected chi connectivity index (χ3v) is 6.72. The predicted molar refractivity (Wildman–Crippen MR) is 124 cm³/mol. The minimum Gasteiger partial charge on any atom is -0.479 e. The molecule has 2 aromatic heterocycles. The van der Waals surface area contributed by atoms with E-state index in [1.807, 2.05) is 6.20 Å². The Morgan fingerprint density at radius 2 is 2.09 bits per heavy atom. The lowest BCUT2D eigenvalue weighted by molar-refractivity contribution is -0.142. The largest absolute Gasteiger partial charge is 0.479 e. The second-order valence-electron chi connectivity index (χ2n) is 7.59. The number of methoxy groups -OCH3 is 2. The molecule has 1 saturated carbocycles. The molecular weight excluding hydrogens is 463 g/mol. The third kappa shape index (κ3) is 5.36. The van der Waals surface area contributed by atoms with Gasteiger partial charge in [-0.05, 0) is 31.1 Å². The highest BCUT2D eigenvalue weighted by Gasteiger charge is 2.37. The second-order valence-corrected chi connectivity index (χ2v) is 9.29. The molecule has 0 saturated heterocycles. The van der Waals surface area contributed by atoms with Crippen molar-refractivity contribution in [1.29, 1.82) is 0 Å². The van der Waals surface area contributed by atoms with E-state index in [1.165, 1.54) is 21.1 Å². The molecule has 180 valence electrons. The summed E-state index contributed by atoms with van der Waals surface area (Å²) in [6, 6.07) is 7.69. The lowest BCUT2D eigenvalue weighted by atomic mass is 10.3. The van der Waals surface area contributed by atoms with Gasteiger partial charge in [0.1, 0.15) is 18.1 Å². The van der Waals surface area contributed by atoms with Crippen LogP contribution in [0.25, 0.3) is 17.4 Å². The minimum atomic E-state index is -3.88. The first kappa shape index (κ1) is 23.7. The normalized spacial score (nSPS) is 18.9. The molecule has 0 spiro atoms. The first-order valence-corrected chi connectivity index (χ1v) is 12.0. The number of carbonyl (C=O) groups excluding carboxylic acids is 1. The zero-order chi connectivity index (χ0) is 24.3. The van der Waals surface area contributed by atoms with Crippen LogP contribution in [0, 0.1) is 5.92 Å². The lowest BCUT2D eigenvalue weighted by Crippen LogP contribution is -2.34. The molecule has 34 heavy (non-hydrogen) atoms. The fourth-order valence-electron chi connectivity index (χ4n) is 3.24. The molecule has 1 aliphatic rings. The number of fused-ring (bicyclic) bond motifs is 1. The summed E-state index contributed by atoms with van der Waals surface area (Å²) in [5.74, 6) is 0.126. The minimum absolute atomic E-state index is 0.00135. The first-order valence-electron chi connectivity index (χ1n) is 10.4. The Hall–Kier alpha value is -3.47. The maximum absolute atomic E-state index is 13.4. The number of nitrogens with zero attached hydrogens (tertiary/aromatic N) is 4. The van der Waals surface area contributed by atoms with E-state index in [4.69, 9.17) is 24.3 Å². The van der Waals surface area contributed by atoms with Crippen LogP contribution in [0.4, 0.5) is 5.95 Å². The smallest absolute Gasteiger partial charge is 0.459 e. The lowest BCUT2D eigenvalue weighted by Gasteiger charge is -2.22. The molecule has 12 nitrogen and oxygen atoms in total. The van der Waals surface area contributed by atoms with Crippen molar-refractivity contribution < 1.29 is 27.9 Å². The molecule has 3 aromatic rings. The molecule has 0 radical (unpaired) electrons. The van der Waals surface area contributed by atoms with Crippen LogP contribution >= 0.6 is 7.75 Å². The Morgan fingerprint density at radius 1 is 1.32 bits per heavy atom. The number of rotatable bonds is 10.